The minimum atomic E-state index is 0.261. The smallest absolute Gasteiger partial charge is 0.124 e. The van der Waals surface area contributed by atoms with Crippen molar-refractivity contribution in [3.05, 3.63) is 30.1 Å². The van der Waals surface area contributed by atoms with Crippen LogP contribution in [0.5, 0.6) is 0 Å². The summed E-state index contributed by atoms with van der Waals surface area (Å²) in [5.74, 6) is 1.00. The molecule has 1 unspecified atom stereocenters. The molecule has 2 rings (SSSR count). The second-order valence-corrected chi connectivity index (χ2v) is 4.18. The van der Waals surface area contributed by atoms with E-state index in [1.54, 1.807) is 0 Å². The molecule has 1 aromatic heterocycles. The van der Waals surface area contributed by atoms with E-state index in [1.807, 2.05) is 24.3 Å². The van der Waals surface area contributed by atoms with E-state index >= 15 is 0 Å². The van der Waals surface area contributed by atoms with Crippen LogP contribution in [0.4, 0.5) is 0 Å². The number of rotatable bonds is 3. The van der Waals surface area contributed by atoms with Crippen molar-refractivity contribution in [2.45, 2.75) is 32.9 Å². The molecule has 1 heterocycles. The Morgan fingerprint density at radius 2 is 1.93 bits per heavy atom. The summed E-state index contributed by atoms with van der Waals surface area (Å²) in [4.78, 5) is 7.87. The molecule has 0 aliphatic carbocycles. The van der Waals surface area contributed by atoms with E-state index in [4.69, 9.17) is 0 Å². The quantitative estimate of drug-likeness (QED) is 0.805. The highest BCUT2D eigenvalue weighted by molar-refractivity contribution is 5.74. The molecular weight excluding hydrogens is 186 g/mol. The minimum Gasteiger partial charge on any atom is -0.341 e. The fourth-order valence-corrected chi connectivity index (χ4v) is 1.76. The van der Waals surface area contributed by atoms with E-state index in [2.05, 4.69) is 36.1 Å². The van der Waals surface area contributed by atoms with Crippen LogP contribution in [-0.2, 0) is 0 Å². The van der Waals surface area contributed by atoms with Crippen molar-refractivity contribution in [1.82, 2.24) is 15.3 Å². The molecule has 0 saturated carbocycles. The average Bonchev–Trinajstić information content (AvgIpc) is 2.59. The van der Waals surface area contributed by atoms with Crippen LogP contribution in [0.2, 0.25) is 0 Å². The maximum absolute atomic E-state index is 4.55. The van der Waals surface area contributed by atoms with Crippen molar-refractivity contribution >= 4 is 11.0 Å². The van der Waals surface area contributed by atoms with Gasteiger partial charge in [0.25, 0.3) is 0 Å². The third kappa shape index (κ3) is 2.18. The molecule has 0 fully saturated rings. The molecule has 1 atom stereocenters. The fraction of sp³-hybridized carbons (Fsp3) is 0.417. The number of para-hydroxylation sites is 2. The summed E-state index contributed by atoms with van der Waals surface area (Å²) in [7, 11) is 0. The molecule has 15 heavy (non-hydrogen) atoms. The van der Waals surface area contributed by atoms with E-state index in [-0.39, 0.29) is 6.04 Å². The Morgan fingerprint density at radius 3 is 2.60 bits per heavy atom. The molecule has 3 heteroatoms. The van der Waals surface area contributed by atoms with Gasteiger partial charge in [-0.15, -0.1) is 0 Å². The number of hydrogen-bond donors (Lipinski definition) is 2. The SMILES string of the molecule is CC(C)NC(C)c1nc2ccccc2[nH]1. The molecule has 2 aromatic rings. The molecule has 0 aliphatic heterocycles. The minimum absolute atomic E-state index is 0.261. The van der Waals surface area contributed by atoms with Gasteiger partial charge in [0, 0.05) is 6.04 Å². The van der Waals surface area contributed by atoms with E-state index < -0.39 is 0 Å². The van der Waals surface area contributed by atoms with Crippen LogP contribution >= 0.6 is 0 Å². The Balaban J connectivity index is 2.28. The van der Waals surface area contributed by atoms with Gasteiger partial charge in [0.2, 0.25) is 0 Å². The summed E-state index contributed by atoms with van der Waals surface area (Å²) in [6.45, 7) is 6.40. The van der Waals surface area contributed by atoms with Crippen molar-refractivity contribution in [3.63, 3.8) is 0 Å². The van der Waals surface area contributed by atoms with E-state index in [0.29, 0.717) is 6.04 Å². The zero-order chi connectivity index (χ0) is 10.8. The van der Waals surface area contributed by atoms with Crippen molar-refractivity contribution < 1.29 is 0 Å². The summed E-state index contributed by atoms with van der Waals surface area (Å²) in [5.41, 5.74) is 2.13. The van der Waals surface area contributed by atoms with Crippen LogP contribution in [0.1, 0.15) is 32.6 Å². The lowest BCUT2D eigenvalue weighted by molar-refractivity contribution is 0.491. The van der Waals surface area contributed by atoms with Crippen LogP contribution in [0.3, 0.4) is 0 Å². The Hall–Kier alpha value is -1.35. The molecule has 0 spiro atoms. The number of imidazole rings is 1. The highest BCUT2D eigenvalue weighted by Crippen LogP contribution is 2.15. The number of nitrogens with one attached hydrogen (secondary N) is 2. The van der Waals surface area contributed by atoms with E-state index in [1.165, 1.54) is 0 Å². The standard InChI is InChI=1S/C12H17N3/c1-8(2)13-9(3)12-14-10-6-4-5-7-11(10)15-12/h4-9,13H,1-3H3,(H,14,15). The van der Waals surface area contributed by atoms with Gasteiger partial charge in [-0.2, -0.15) is 0 Å². The lowest BCUT2D eigenvalue weighted by Gasteiger charge is -2.13. The van der Waals surface area contributed by atoms with Gasteiger partial charge in [0.15, 0.2) is 0 Å². The number of hydrogen-bond acceptors (Lipinski definition) is 2. The zero-order valence-electron chi connectivity index (χ0n) is 9.41. The molecule has 1 aromatic carbocycles. The Labute approximate surface area is 89.9 Å². The van der Waals surface area contributed by atoms with Crippen LogP contribution in [0.25, 0.3) is 11.0 Å². The van der Waals surface area contributed by atoms with Gasteiger partial charge in [-0.1, -0.05) is 26.0 Å². The number of fused-ring (bicyclic) bond motifs is 1. The topological polar surface area (TPSA) is 40.7 Å². The summed E-state index contributed by atoms with van der Waals surface area (Å²) in [6, 6.07) is 8.83. The second-order valence-electron chi connectivity index (χ2n) is 4.18. The lowest BCUT2D eigenvalue weighted by atomic mass is 10.3. The molecule has 0 bridgehead atoms. The van der Waals surface area contributed by atoms with E-state index in [0.717, 1.165) is 16.9 Å². The van der Waals surface area contributed by atoms with Gasteiger partial charge < -0.3 is 10.3 Å². The molecule has 0 saturated heterocycles. The molecule has 0 aliphatic rings. The lowest BCUT2D eigenvalue weighted by Crippen LogP contribution is -2.26. The highest BCUT2D eigenvalue weighted by atomic mass is 15.0. The molecule has 80 valence electrons. The first-order valence-corrected chi connectivity index (χ1v) is 5.37. The summed E-state index contributed by atoms with van der Waals surface area (Å²) < 4.78 is 0. The van der Waals surface area contributed by atoms with Gasteiger partial charge in [0.05, 0.1) is 17.1 Å². The van der Waals surface area contributed by atoms with Crippen LogP contribution < -0.4 is 5.32 Å². The largest absolute Gasteiger partial charge is 0.341 e. The first-order valence-electron chi connectivity index (χ1n) is 5.37. The first kappa shape index (κ1) is 10.2. The Bertz CT molecular complexity index is 412. The third-order valence-corrected chi connectivity index (χ3v) is 2.40. The summed E-state index contributed by atoms with van der Waals surface area (Å²) in [6.07, 6.45) is 0. The zero-order valence-corrected chi connectivity index (χ0v) is 9.41. The molecule has 2 N–H and O–H groups in total. The normalized spacial score (nSPS) is 13.6. The predicted molar refractivity (Wildman–Crippen MR) is 62.8 cm³/mol. The number of H-pyrrole nitrogens is 1. The van der Waals surface area contributed by atoms with Crippen molar-refractivity contribution in [2.75, 3.05) is 0 Å². The fourth-order valence-electron chi connectivity index (χ4n) is 1.76. The number of nitrogens with zero attached hydrogens (tertiary/aromatic N) is 1. The summed E-state index contributed by atoms with van der Waals surface area (Å²) >= 11 is 0. The number of aromatic nitrogens is 2. The Kier molecular flexibility index (Phi) is 2.73. The Morgan fingerprint density at radius 1 is 1.20 bits per heavy atom. The third-order valence-electron chi connectivity index (χ3n) is 2.40. The molecule has 0 radical (unpaired) electrons. The number of benzene rings is 1. The summed E-state index contributed by atoms with van der Waals surface area (Å²) in [5, 5.41) is 3.43. The maximum Gasteiger partial charge on any atom is 0.124 e. The molecule has 3 nitrogen and oxygen atoms in total. The van der Waals surface area contributed by atoms with Gasteiger partial charge in [-0.25, -0.2) is 4.98 Å². The van der Waals surface area contributed by atoms with Gasteiger partial charge in [-0.05, 0) is 19.1 Å². The van der Waals surface area contributed by atoms with Crippen LogP contribution in [0.15, 0.2) is 24.3 Å². The molecular formula is C12H17N3. The molecule has 0 amide bonds. The predicted octanol–water partition coefficient (Wildman–Crippen LogP) is 2.62. The van der Waals surface area contributed by atoms with Crippen LogP contribution in [-0.4, -0.2) is 16.0 Å². The van der Waals surface area contributed by atoms with Crippen molar-refractivity contribution in [2.24, 2.45) is 0 Å². The van der Waals surface area contributed by atoms with Crippen molar-refractivity contribution in [3.8, 4) is 0 Å². The van der Waals surface area contributed by atoms with Crippen molar-refractivity contribution in [1.29, 1.82) is 0 Å². The van der Waals surface area contributed by atoms with Gasteiger partial charge >= 0.3 is 0 Å². The first-order chi connectivity index (χ1) is 7.16. The number of aromatic amines is 1. The van der Waals surface area contributed by atoms with E-state index in [9.17, 15) is 0 Å². The monoisotopic (exact) mass is 203 g/mol. The average molecular weight is 203 g/mol. The highest BCUT2D eigenvalue weighted by Gasteiger charge is 2.10. The maximum atomic E-state index is 4.55. The van der Waals surface area contributed by atoms with Gasteiger partial charge in [0.1, 0.15) is 5.82 Å². The van der Waals surface area contributed by atoms with Gasteiger partial charge in [-0.3, -0.25) is 0 Å². The van der Waals surface area contributed by atoms with Crippen LogP contribution in [0, 0.1) is 0 Å². The second kappa shape index (κ2) is 4.03.